The lowest BCUT2D eigenvalue weighted by atomic mass is 10.1. The number of rotatable bonds is 7. The number of hydrogen-bond acceptors (Lipinski definition) is 4. The van der Waals surface area contributed by atoms with Gasteiger partial charge in [0.2, 0.25) is 11.8 Å². The molecule has 1 atom stereocenters. The fraction of sp³-hybridized carbons (Fsp3) is 0.385. The van der Waals surface area contributed by atoms with Crippen molar-refractivity contribution < 1.29 is 14.3 Å². The van der Waals surface area contributed by atoms with Gasteiger partial charge >= 0.3 is 0 Å². The number of ether oxygens (including phenoxy) is 1. The molecule has 0 aliphatic carbocycles. The Bertz CT molecular complexity index is 442. The molecule has 104 valence electrons. The molecule has 1 aromatic carbocycles. The van der Waals surface area contributed by atoms with Crippen molar-refractivity contribution in [1.29, 1.82) is 0 Å². The second kappa shape index (κ2) is 6.75. The van der Waals surface area contributed by atoms with Crippen molar-refractivity contribution in [1.82, 2.24) is 0 Å². The summed E-state index contributed by atoms with van der Waals surface area (Å²) in [6.45, 7) is 2.59. The van der Waals surface area contributed by atoms with E-state index in [0.717, 1.165) is 6.42 Å². The Morgan fingerprint density at radius 1 is 1.21 bits per heavy atom. The highest BCUT2D eigenvalue weighted by Gasteiger charge is 2.10. The minimum atomic E-state index is -0.601. The zero-order chi connectivity index (χ0) is 14.4. The molecule has 1 unspecified atom stereocenters. The number of nitrogens with one attached hydrogen (secondary N) is 1. The lowest BCUT2D eigenvalue weighted by Crippen LogP contribution is -2.20. The lowest BCUT2D eigenvalue weighted by molar-refractivity contribution is 0.0999. The average Bonchev–Trinajstić information content (AvgIpc) is 2.35. The van der Waals surface area contributed by atoms with Gasteiger partial charge in [-0.2, -0.15) is 0 Å². The maximum atomic E-state index is 11.2. The third-order valence-corrected chi connectivity index (χ3v) is 2.67. The van der Waals surface area contributed by atoms with Crippen LogP contribution < -0.4 is 16.8 Å². The van der Waals surface area contributed by atoms with Crippen LogP contribution >= 0.6 is 0 Å². The van der Waals surface area contributed by atoms with E-state index in [1.807, 2.05) is 6.92 Å². The van der Waals surface area contributed by atoms with Crippen LogP contribution in [0.25, 0.3) is 0 Å². The number of carbonyl (C=O) groups is 2. The van der Waals surface area contributed by atoms with Crippen molar-refractivity contribution >= 4 is 17.5 Å². The number of hydrogen-bond donors (Lipinski definition) is 3. The van der Waals surface area contributed by atoms with Crippen molar-refractivity contribution in [2.45, 2.75) is 19.4 Å². The monoisotopic (exact) mass is 265 g/mol. The Morgan fingerprint density at radius 3 is 2.16 bits per heavy atom. The molecule has 2 amide bonds. The maximum Gasteiger partial charge on any atom is 0.248 e. The van der Waals surface area contributed by atoms with Crippen LogP contribution in [0.1, 0.15) is 34.1 Å². The van der Waals surface area contributed by atoms with Crippen molar-refractivity contribution in [2.24, 2.45) is 11.5 Å². The highest BCUT2D eigenvalue weighted by molar-refractivity contribution is 5.99. The van der Waals surface area contributed by atoms with Gasteiger partial charge in [-0.15, -0.1) is 0 Å². The van der Waals surface area contributed by atoms with Crippen LogP contribution in [-0.2, 0) is 4.74 Å². The van der Waals surface area contributed by atoms with Gasteiger partial charge in [-0.3, -0.25) is 9.59 Å². The molecular weight excluding hydrogens is 246 g/mol. The lowest BCUT2D eigenvalue weighted by Gasteiger charge is -2.16. The van der Waals surface area contributed by atoms with E-state index in [0.29, 0.717) is 12.3 Å². The fourth-order valence-electron chi connectivity index (χ4n) is 1.65. The highest BCUT2D eigenvalue weighted by atomic mass is 16.5. The number of methoxy groups -OCH3 is 1. The molecule has 0 aliphatic rings. The number of amides is 2. The smallest absolute Gasteiger partial charge is 0.248 e. The highest BCUT2D eigenvalue weighted by Crippen LogP contribution is 2.16. The molecule has 5 N–H and O–H groups in total. The van der Waals surface area contributed by atoms with Gasteiger partial charge in [0, 0.05) is 36.6 Å². The van der Waals surface area contributed by atoms with Gasteiger partial charge in [-0.05, 0) is 31.5 Å². The zero-order valence-corrected chi connectivity index (χ0v) is 11.1. The number of nitrogens with two attached hydrogens (primary N) is 2. The van der Waals surface area contributed by atoms with Gasteiger partial charge in [-0.25, -0.2) is 0 Å². The summed E-state index contributed by atoms with van der Waals surface area (Å²) in [5.74, 6) is -1.20. The first-order chi connectivity index (χ1) is 8.93. The molecule has 0 fully saturated rings. The first-order valence-corrected chi connectivity index (χ1v) is 5.94. The second-order valence-corrected chi connectivity index (χ2v) is 4.35. The van der Waals surface area contributed by atoms with E-state index >= 15 is 0 Å². The molecule has 0 radical (unpaired) electrons. The topological polar surface area (TPSA) is 107 Å². The molecule has 1 aromatic rings. The van der Waals surface area contributed by atoms with Gasteiger partial charge in [0.25, 0.3) is 0 Å². The molecule has 0 saturated heterocycles. The summed E-state index contributed by atoms with van der Waals surface area (Å²) >= 11 is 0. The Labute approximate surface area is 112 Å². The van der Waals surface area contributed by atoms with E-state index in [1.165, 1.54) is 6.07 Å². The van der Waals surface area contributed by atoms with E-state index in [1.54, 1.807) is 19.2 Å². The van der Waals surface area contributed by atoms with Crippen LogP contribution in [0, 0.1) is 0 Å². The number of primary amides is 2. The van der Waals surface area contributed by atoms with E-state index < -0.39 is 11.8 Å². The summed E-state index contributed by atoms with van der Waals surface area (Å²) < 4.78 is 4.99. The standard InChI is InChI=1S/C13H19N3O3/c1-8(3-4-19-2)16-11-6-9(12(14)17)5-10(7-11)13(15)18/h5-8,16H,3-4H2,1-2H3,(H2,14,17)(H2,15,18). The molecule has 1 rings (SSSR count). The van der Waals surface area contributed by atoms with Gasteiger partial charge in [0.15, 0.2) is 0 Å². The fourth-order valence-corrected chi connectivity index (χ4v) is 1.65. The van der Waals surface area contributed by atoms with Crippen LogP contribution in [0.2, 0.25) is 0 Å². The molecule has 0 aliphatic heterocycles. The van der Waals surface area contributed by atoms with E-state index in [9.17, 15) is 9.59 Å². The van der Waals surface area contributed by atoms with Gasteiger partial charge in [0.05, 0.1) is 0 Å². The zero-order valence-electron chi connectivity index (χ0n) is 11.1. The van der Waals surface area contributed by atoms with Crippen molar-refractivity contribution in [3.05, 3.63) is 29.3 Å². The normalized spacial score (nSPS) is 11.9. The first kappa shape index (κ1) is 15.0. The summed E-state index contributed by atoms with van der Waals surface area (Å²) in [5.41, 5.74) is 11.6. The predicted octanol–water partition coefficient (Wildman–Crippen LogP) is 0.721. The molecule has 0 aromatic heterocycles. The third kappa shape index (κ3) is 4.59. The number of benzene rings is 1. The van der Waals surface area contributed by atoms with Crippen molar-refractivity contribution in [3.63, 3.8) is 0 Å². The Kier molecular flexibility index (Phi) is 5.32. The molecule has 0 bridgehead atoms. The van der Waals surface area contributed by atoms with Crippen LogP contribution in [0.3, 0.4) is 0 Å². The van der Waals surface area contributed by atoms with E-state index in [2.05, 4.69) is 5.32 Å². The van der Waals surface area contributed by atoms with Gasteiger partial charge in [0.1, 0.15) is 0 Å². The summed E-state index contributed by atoms with van der Waals surface area (Å²) in [5, 5.41) is 3.17. The number of anilines is 1. The quantitative estimate of drug-likeness (QED) is 0.675. The van der Waals surface area contributed by atoms with Crippen molar-refractivity contribution in [3.8, 4) is 0 Å². The molecule has 6 nitrogen and oxygen atoms in total. The summed E-state index contributed by atoms with van der Waals surface area (Å²) in [6, 6.07) is 4.70. The third-order valence-electron chi connectivity index (χ3n) is 2.67. The van der Waals surface area contributed by atoms with Crippen LogP contribution in [0.5, 0.6) is 0 Å². The Morgan fingerprint density at radius 2 is 1.74 bits per heavy atom. The Balaban J connectivity index is 2.93. The SMILES string of the molecule is COCCC(C)Nc1cc(C(N)=O)cc(C(N)=O)c1. The van der Waals surface area contributed by atoms with Crippen LogP contribution in [0.4, 0.5) is 5.69 Å². The van der Waals surface area contributed by atoms with Crippen LogP contribution in [0.15, 0.2) is 18.2 Å². The molecular formula is C13H19N3O3. The molecule has 19 heavy (non-hydrogen) atoms. The molecule has 0 saturated carbocycles. The molecule has 0 heterocycles. The summed E-state index contributed by atoms with van der Waals surface area (Å²) in [7, 11) is 1.63. The maximum absolute atomic E-state index is 11.2. The summed E-state index contributed by atoms with van der Waals surface area (Å²) in [4.78, 5) is 22.4. The van der Waals surface area contributed by atoms with Crippen LogP contribution in [-0.4, -0.2) is 31.6 Å². The first-order valence-electron chi connectivity index (χ1n) is 5.94. The van der Waals surface area contributed by atoms with Gasteiger partial charge in [-0.1, -0.05) is 0 Å². The largest absolute Gasteiger partial charge is 0.385 e. The number of carbonyl (C=O) groups excluding carboxylic acids is 2. The van der Waals surface area contributed by atoms with E-state index in [-0.39, 0.29) is 17.2 Å². The predicted molar refractivity (Wildman–Crippen MR) is 73.1 cm³/mol. The minimum absolute atomic E-state index is 0.129. The van der Waals surface area contributed by atoms with Gasteiger partial charge < -0.3 is 21.5 Å². The minimum Gasteiger partial charge on any atom is -0.385 e. The molecule has 6 heteroatoms. The summed E-state index contributed by atoms with van der Waals surface area (Å²) in [6.07, 6.45) is 0.795. The van der Waals surface area contributed by atoms with E-state index in [4.69, 9.17) is 16.2 Å². The average molecular weight is 265 g/mol. The molecule has 0 spiro atoms. The second-order valence-electron chi connectivity index (χ2n) is 4.35. The van der Waals surface area contributed by atoms with Crippen molar-refractivity contribution in [2.75, 3.05) is 19.0 Å². The Hall–Kier alpha value is -2.08.